The zero-order chi connectivity index (χ0) is 20.3. The van der Waals surface area contributed by atoms with Crippen molar-refractivity contribution in [2.75, 3.05) is 11.4 Å². The molecule has 2 heterocycles. The molecule has 2 aromatic rings. The van der Waals surface area contributed by atoms with E-state index in [4.69, 9.17) is 9.42 Å². The largest absolute Gasteiger partial charge is 0.598 e. The number of nitrogens with one attached hydrogen (secondary N) is 1. The van der Waals surface area contributed by atoms with E-state index in [2.05, 4.69) is 14.6 Å². The summed E-state index contributed by atoms with van der Waals surface area (Å²) in [5.74, 6) is 0.792. The number of rotatable bonds is 6. The molecule has 1 aliphatic rings. The van der Waals surface area contributed by atoms with Crippen LogP contribution in [0.4, 0.5) is 5.82 Å². The van der Waals surface area contributed by atoms with Gasteiger partial charge in [-0.3, -0.25) is 0 Å². The summed E-state index contributed by atoms with van der Waals surface area (Å²) in [6.45, 7) is 7.15. The molecule has 3 unspecified atom stereocenters. The van der Waals surface area contributed by atoms with Crippen LogP contribution in [0.3, 0.4) is 0 Å². The number of hydrogen-bond acceptors (Lipinski definition) is 6. The normalized spacial score (nSPS) is 19.0. The number of fused-ring (bicyclic) bond motifs is 1. The summed E-state index contributed by atoms with van der Waals surface area (Å²) >= 11 is -1.22. The Balaban J connectivity index is 1.91. The van der Waals surface area contributed by atoms with Crippen LogP contribution in [0.2, 0.25) is 0 Å². The fourth-order valence-electron chi connectivity index (χ4n) is 3.05. The molecule has 0 bridgehead atoms. The SMILES string of the molecule is CC(C)(C)[S+]([O-])NC1CCN(Cc2ccccc2)c2nc(O[PH](=O)O)ccc21. The van der Waals surface area contributed by atoms with Gasteiger partial charge in [0.1, 0.15) is 10.6 Å². The Labute approximate surface area is 169 Å². The standard InChI is InChI=1S/C19H26N3O4PS/c1-19(2,3)28(25)21-16-11-12-22(13-14-7-5-4-6-8-14)18-15(16)9-10-17(20-18)26-27(23)24/h4-10,16,21,27H,11-13H2,1-3H3,(H,23,24). The van der Waals surface area contributed by atoms with Crippen molar-refractivity contribution in [3.63, 3.8) is 0 Å². The molecule has 3 atom stereocenters. The number of anilines is 1. The Morgan fingerprint density at radius 1 is 1.32 bits per heavy atom. The highest BCUT2D eigenvalue weighted by molar-refractivity contribution is 7.90. The predicted molar refractivity (Wildman–Crippen MR) is 112 cm³/mol. The van der Waals surface area contributed by atoms with E-state index in [0.717, 1.165) is 17.5 Å². The van der Waals surface area contributed by atoms with E-state index in [1.165, 1.54) is 0 Å². The molecule has 1 aromatic heterocycles. The fourth-order valence-corrected chi connectivity index (χ4v) is 4.20. The van der Waals surface area contributed by atoms with Gasteiger partial charge in [-0.25, -0.2) is 4.57 Å². The topological polar surface area (TPSA) is 97.8 Å². The van der Waals surface area contributed by atoms with Crippen molar-refractivity contribution in [2.45, 2.75) is 44.5 Å². The minimum atomic E-state index is -3.13. The second-order valence-corrected chi connectivity index (χ2v) is 10.4. The molecule has 0 fully saturated rings. The van der Waals surface area contributed by atoms with E-state index in [1.807, 2.05) is 57.2 Å². The highest BCUT2D eigenvalue weighted by Crippen LogP contribution is 2.37. The molecular weight excluding hydrogens is 397 g/mol. The summed E-state index contributed by atoms with van der Waals surface area (Å²) in [5, 5.41) is 0. The molecule has 152 valence electrons. The lowest BCUT2D eigenvalue weighted by atomic mass is 10.00. The zero-order valence-corrected chi connectivity index (χ0v) is 18.0. The third-order valence-corrected chi connectivity index (χ3v) is 6.45. The molecule has 1 aliphatic heterocycles. The Morgan fingerprint density at radius 3 is 2.68 bits per heavy atom. The zero-order valence-electron chi connectivity index (χ0n) is 16.2. The quantitative estimate of drug-likeness (QED) is 0.543. The van der Waals surface area contributed by atoms with Crippen LogP contribution in [0.5, 0.6) is 5.88 Å². The molecule has 7 nitrogen and oxygen atoms in total. The molecule has 3 rings (SSSR count). The van der Waals surface area contributed by atoms with Crippen LogP contribution in [0.15, 0.2) is 42.5 Å². The minimum Gasteiger partial charge on any atom is -0.598 e. The van der Waals surface area contributed by atoms with Gasteiger partial charge in [-0.15, -0.1) is 4.72 Å². The smallest absolute Gasteiger partial charge is 0.366 e. The summed E-state index contributed by atoms with van der Waals surface area (Å²) in [6.07, 6.45) is 0.778. The maximum atomic E-state index is 12.6. The monoisotopic (exact) mass is 423 g/mol. The van der Waals surface area contributed by atoms with Crippen molar-refractivity contribution in [3.8, 4) is 5.88 Å². The third-order valence-electron chi connectivity index (χ3n) is 4.46. The van der Waals surface area contributed by atoms with Crippen LogP contribution < -0.4 is 14.1 Å². The van der Waals surface area contributed by atoms with Crippen LogP contribution in [-0.4, -0.2) is 25.7 Å². The van der Waals surface area contributed by atoms with E-state index < -0.39 is 19.6 Å². The molecule has 0 spiro atoms. The van der Waals surface area contributed by atoms with Gasteiger partial charge in [-0.05, 0) is 38.8 Å². The Kier molecular flexibility index (Phi) is 6.68. The number of nitrogens with zero attached hydrogens (tertiary/aromatic N) is 2. The Bertz CT molecular complexity index is 832. The molecule has 1 aromatic carbocycles. The van der Waals surface area contributed by atoms with Crippen LogP contribution in [0.1, 0.15) is 44.4 Å². The lowest BCUT2D eigenvalue weighted by molar-refractivity contribution is 0.403. The van der Waals surface area contributed by atoms with E-state index in [-0.39, 0.29) is 16.7 Å². The summed E-state index contributed by atoms with van der Waals surface area (Å²) in [7, 11) is -3.13. The molecular formula is C19H26N3O4PS. The first-order chi connectivity index (χ1) is 13.2. The lowest BCUT2D eigenvalue weighted by Crippen LogP contribution is -2.44. The Morgan fingerprint density at radius 2 is 2.04 bits per heavy atom. The van der Waals surface area contributed by atoms with Gasteiger partial charge in [0.05, 0.1) is 6.04 Å². The van der Waals surface area contributed by atoms with Crippen molar-refractivity contribution in [3.05, 3.63) is 53.6 Å². The van der Waals surface area contributed by atoms with Crippen LogP contribution >= 0.6 is 8.25 Å². The number of benzene rings is 1. The van der Waals surface area contributed by atoms with Crippen molar-refractivity contribution >= 4 is 25.4 Å². The van der Waals surface area contributed by atoms with Gasteiger partial charge in [0.2, 0.25) is 5.88 Å². The summed E-state index contributed by atoms with van der Waals surface area (Å²) in [5.41, 5.74) is 2.05. The second kappa shape index (κ2) is 8.84. The van der Waals surface area contributed by atoms with E-state index >= 15 is 0 Å². The van der Waals surface area contributed by atoms with Gasteiger partial charge in [0.25, 0.3) is 0 Å². The summed E-state index contributed by atoms with van der Waals surface area (Å²) in [6, 6.07) is 13.3. The van der Waals surface area contributed by atoms with Crippen LogP contribution in [-0.2, 0) is 22.5 Å². The maximum absolute atomic E-state index is 12.6. The molecule has 2 N–H and O–H groups in total. The number of hydrogen-bond donors (Lipinski definition) is 2. The van der Waals surface area contributed by atoms with E-state index in [1.54, 1.807) is 6.07 Å². The minimum absolute atomic E-state index is 0.112. The first-order valence-electron chi connectivity index (χ1n) is 9.12. The van der Waals surface area contributed by atoms with Crippen molar-refractivity contribution < 1.29 is 18.5 Å². The number of pyridine rings is 1. The van der Waals surface area contributed by atoms with Crippen LogP contribution in [0, 0.1) is 0 Å². The van der Waals surface area contributed by atoms with Crippen molar-refractivity contribution in [2.24, 2.45) is 0 Å². The second-order valence-electron chi connectivity index (χ2n) is 7.68. The highest BCUT2D eigenvalue weighted by Gasteiger charge is 2.34. The van der Waals surface area contributed by atoms with Crippen molar-refractivity contribution in [1.82, 2.24) is 9.71 Å². The predicted octanol–water partition coefficient (Wildman–Crippen LogP) is 3.35. The Hall–Kier alpha value is -1.57. The average molecular weight is 423 g/mol. The maximum Gasteiger partial charge on any atom is 0.366 e. The van der Waals surface area contributed by atoms with E-state index in [9.17, 15) is 9.12 Å². The van der Waals surface area contributed by atoms with Gasteiger partial charge in [-0.2, -0.15) is 4.98 Å². The van der Waals surface area contributed by atoms with Gasteiger partial charge in [0.15, 0.2) is 0 Å². The first kappa shape index (κ1) is 21.1. The van der Waals surface area contributed by atoms with Gasteiger partial charge < -0.3 is 18.9 Å². The third kappa shape index (κ3) is 5.27. The highest BCUT2D eigenvalue weighted by atomic mass is 32.2. The van der Waals surface area contributed by atoms with Gasteiger partial charge in [-0.1, -0.05) is 30.3 Å². The molecule has 0 amide bonds. The molecule has 9 heteroatoms. The lowest BCUT2D eigenvalue weighted by Gasteiger charge is -2.36. The first-order valence-corrected chi connectivity index (χ1v) is 11.5. The summed E-state index contributed by atoms with van der Waals surface area (Å²) in [4.78, 5) is 15.7. The number of aromatic nitrogens is 1. The molecule has 0 radical (unpaired) electrons. The van der Waals surface area contributed by atoms with Gasteiger partial charge in [0, 0.05) is 36.1 Å². The molecule has 0 aliphatic carbocycles. The van der Waals surface area contributed by atoms with E-state index in [0.29, 0.717) is 18.9 Å². The summed E-state index contributed by atoms with van der Waals surface area (Å²) < 4.78 is 31.5. The molecule has 0 saturated heterocycles. The molecule has 28 heavy (non-hydrogen) atoms. The van der Waals surface area contributed by atoms with Crippen LogP contribution in [0.25, 0.3) is 0 Å². The average Bonchev–Trinajstić information content (AvgIpc) is 2.63. The van der Waals surface area contributed by atoms with Crippen molar-refractivity contribution in [1.29, 1.82) is 0 Å². The fraction of sp³-hybridized carbons (Fsp3) is 0.421. The van der Waals surface area contributed by atoms with Gasteiger partial charge >= 0.3 is 8.25 Å². The molecule has 0 saturated carbocycles.